The third-order valence-corrected chi connectivity index (χ3v) is 17.7. The summed E-state index contributed by atoms with van der Waals surface area (Å²) in [5.74, 6) is -0.803. The highest BCUT2D eigenvalue weighted by molar-refractivity contribution is 7.47. The SMILES string of the molecule is CC/C=C\C/C=C\C/C=C\C/C=C\C/C=C\CCCCCCCCCCCCCCCCCCCCCCCCCCCC(=O)OC(COC(=O)CCCCCCCCCCCCCCCCCCCCCCCCCC)COP(=O)(O)OCCN. The van der Waals surface area contributed by atoms with Gasteiger partial charge in [-0.05, 0) is 57.8 Å². The maximum atomic E-state index is 12.8. The number of nitrogens with two attached hydrogens (primary N) is 1. The van der Waals surface area contributed by atoms with Gasteiger partial charge in [0.25, 0.3) is 0 Å². The van der Waals surface area contributed by atoms with Crippen molar-refractivity contribution >= 4 is 19.8 Å². The van der Waals surface area contributed by atoms with Gasteiger partial charge in [0.05, 0.1) is 13.2 Å². The molecular weight excluding hydrogens is 1090 g/mol. The van der Waals surface area contributed by atoms with E-state index in [2.05, 4.69) is 74.6 Å². The summed E-state index contributed by atoms with van der Waals surface area (Å²) in [4.78, 5) is 35.4. The molecule has 9 nitrogen and oxygen atoms in total. The minimum Gasteiger partial charge on any atom is -0.462 e. The quantitative estimate of drug-likeness (QED) is 0.0264. The molecule has 0 aromatic rings. The van der Waals surface area contributed by atoms with Crippen molar-refractivity contribution in [1.29, 1.82) is 0 Å². The summed E-state index contributed by atoms with van der Waals surface area (Å²) in [5.41, 5.74) is 5.41. The fourth-order valence-corrected chi connectivity index (χ4v) is 12.0. The number of allylic oxidation sites excluding steroid dienone is 10. The first kappa shape index (κ1) is 83.7. The molecule has 504 valence electrons. The predicted octanol–water partition coefficient (Wildman–Crippen LogP) is 24.6. The number of rotatable bonds is 71. The number of unbranched alkanes of at least 4 members (excludes halogenated alkanes) is 48. The number of carbonyl (C=O) groups excluding carboxylic acids is 2. The molecule has 3 N–H and O–H groups in total. The summed E-state index contributed by atoms with van der Waals surface area (Å²) in [5, 5.41) is 0. The van der Waals surface area contributed by atoms with Gasteiger partial charge in [-0.1, -0.05) is 370 Å². The van der Waals surface area contributed by atoms with Crippen LogP contribution in [-0.4, -0.2) is 49.3 Å². The fourth-order valence-electron chi connectivity index (χ4n) is 11.2. The van der Waals surface area contributed by atoms with E-state index in [0.717, 1.165) is 64.2 Å². The average Bonchev–Trinajstić information content (AvgIpc) is 3.58. The molecule has 0 spiro atoms. The van der Waals surface area contributed by atoms with Gasteiger partial charge in [-0.15, -0.1) is 0 Å². The van der Waals surface area contributed by atoms with Crippen molar-refractivity contribution in [3.63, 3.8) is 0 Å². The predicted molar refractivity (Wildman–Crippen MR) is 372 cm³/mol. The van der Waals surface area contributed by atoms with E-state index in [-0.39, 0.29) is 38.6 Å². The summed E-state index contributed by atoms with van der Waals surface area (Å²) < 4.78 is 33.2. The van der Waals surface area contributed by atoms with Crippen LogP contribution in [-0.2, 0) is 32.7 Å². The first-order valence-corrected chi connectivity index (χ1v) is 38.8. The van der Waals surface area contributed by atoms with Crippen LogP contribution in [0.5, 0.6) is 0 Å². The second kappa shape index (κ2) is 71.8. The van der Waals surface area contributed by atoms with Gasteiger partial charge in [0.2, 0.25) is 0 Å². The highest BCUT2D eigenvalue weighted by Gasteiger charge is 2.26. The Morgan fingerprint density at radius 3 is 0.953 bits per heavy atom. The Morgan fingerprint density at radius 2 is 0.640 bits per heavy atom. The minimum atomic E-state index is -4.39. The zero-order valence-corrected chi connectivity index (χ0v) is 57.7. The molecule has 0 radical (unpaired) electrons. The summed E-state index contributed by atoms with van der Waals surface area (Å²) in [7, 11) is -4.39. The lowest BCUT2D eigenvalue weighted by atomic mass is 10.0. The smallest absolute Gasteiger partial charge is 0.462 e. The van der Waals surface area contributed by atoms with Crippen molar-refractivity contribution in [3.05, 3.63) is 60.8 Å². The van der Waals surface area contributed by atoms with E-state index in [4.69, 9.17) is 24.3 Å². The van der Waals surface area contributed by atoms with Gasteiger partial charge in [-0.3, -0.25) is 18.6 Å². The van der Waals surface area contributed by atoms with Gasteiger partial charge in [0.15, 0.2) is 6.10 Å². The lowest BCUT2D eigenvalue weighted by molar-refractivity contribution is -0.161. The van der Waals surface area contributed by atoms with Gasteiger partial charge >= 0.3 is 19.8 Å². The molecule has 0 amide bonds. The van der Waals surface area contributed by atoms with Crippen molar-refractivity contribution in [2.75, 3.05) is 26.4 Å². The van der Waals surface area contributed by atoms with Gasteiger partial charge < -0.3 is 20.1 Å². The molecule has 0 aliphatic carbocycles. The molecule has 0 heterocycles. The molecule has 86 heavy (non-hydrogen) atoms. The highest BCUT2D eigenvalue weighted by atomic mass is 31.2. The topological polar surface area (TPSA) is 134 Å². The normalized spacial score (nSPS) is 13.2. The second-order valence-corrected chi connectivity index (χ2v) is 26.6. The first-order valence-electron chi connectivity index (χ1n) is 37.3. The van der Waals surface area contributed by atoms with E-state index < -0.39 is 26.5 Å². The second-order valence-electron chi connectivity index (χ2n) is 25.1. The van der Waals surface area contributed by atoms with Crippen LogP contribution in [0.15, 0.2) is 60.8 Å². The van der Waals surface area contributed by atoms with Crippen LogP contribution in [0.2, 0.25) is 0 Å². The Morgan fingerprint density at radius 1 is 0.360 bits per heavy atom. The zero-order valence-electron chi connectivity index (χ0n) is 56.8. The van der Waals surface area contributed by atoms with Gasteiger partial charge in [-0.2, -0.15) is 0 Å². The highest BCUT2D eigenvalue weighted by Crippen LogP contribution is 2.43. The molecule has 0 saturated heterocycles. The third-order valence-electron chi connectivity index (χ3n) is 16.7. The van der Waals surface area contributed by atoms with Crippen LogP contribution in [0.25, 0.3) is 0 Å². The standard InChI is InChI=1S/C76H142NO8P/c1-3-5-7-9-11-13-15-17-19-21-23-25-27-29-30-31-32-33-34-35-36-37-38-39-40-41-42-43-44-45-47-49-51-53-55-57-59-61-63-65-67-69-76(79)85-74(73-84-86(80,81)83-71-70-77)72-82-75(78)68-66-64-62-60-58-56-54-52-50-48-46-28-26-24-22-20-18-16-14-12-10-8-6-4-2/h5,7,11,13,17,19,23,25,29-30,74H,3-4,6,8-10,12,14-16,18,20-22,24,26-28,31-73,77H2,1-2H3,(H,80,81)/b7-5-,13-11-,19-17-,25-23-,30-29-. The van der Waals surface area contributed by atoms with Crippen LogP contribution in [0, 0.1) is 0 Å². The fraction of sp³-hybridized carbons (Fsp3) is 0.842. The van der Waals surface area contributed by atoms with E-state index in [0.29, 0.717) is 6.42 Å². The Labute approximate surface area is 533 Å². The number of ether oxygens (including phenoxy) is 2. The largest absolute Gasteiger partial charge is 0.472 e. The maximum Gasteiger partial charge on any atom is 0.472 e. The van der Waals surface area contributed by atoms with E-state index in [1.54, 1.807) is 0 Å². The maximum absolute atomic E-state index is 12.8. The van der Waals surface area contributed by atoms with E-state index in [9.17, 15) is 19.0 Å². The minimum absolute atomic E-state index is 0.0562. The number of hydrogen-bond donors (Lipinski definition) is 2. The third kappa shape index (κ3) is 70.8. The van der Waals surface area contributed by atoms with Crippen LogP contribution in [0.4, 0.5) is 0 Å². The van der Waals surface area contributed by atoms with E-state index in [1.807, 2.05) is 0 Å². The number of phosphoric acid groups is 1. The van der Waals surface area contributed by atoms with Crippen LogP contribution in [0.1, 0.15) is 380 Å². The van der Waals surface area contributed by atoms with Crippen molar-refractivity contribution in [2.45, 2.75) is 386 Å². The van der Waals surface area contributed by atoms with Crippen molar-refractivity contribution in [3.8, 4) is 0 Å². The first-order chi connectivity index (χ1) is 42.3. The summed E-state index contributed by atoms with van der Waals surface area (Å²) >= 11 is 0. The summed E-state index contributed by atoms with van der Waals surface area (Å²) in [6.45, 7) is 3.71. The lowest BCUT2D eigenvalue weighted by Crippen LogP contribution is -2.29. The molecular formula is C76H142NO8P. The summed E-state index contributed by atoms with van der Waals surface area (Å²) in [6, 6.07) is 0. The molecule has 2 unspecified atom stereocenters. The Kier molecular flexibility index (Phi) is 69.9. The Balaban J connectivity index is 3.76. The molecule has 0 fully saturated rings. The molecule has 0 bridgehead atoms. The molecule has 10 heteroatoms. The van der Waals surface area contributed by atoms with Crippen LogP contribution < -0.4 is 5.73 Å². The van der Waals surface area contributed by atoms with Crippen LogP contribution in [0.3, 0.4) is 0 Å². The molecule has 0 saturated carbocycles. The van der Waals surface area contributed by atoms with Crippen molar-refractivity contribution in [1.82, 2.24) is 0 Å². The molecule has 2 atom stereocenters. The van der Waals surface area contributed by atoms with E-state index in [1.165, 1.54) is 283 Å². The lowest BCUT2D eigenvalue weighted by Gasteiger charge is -2.19. The Hall–Kier alpha value is -2.29. The number of phosphoric ester groups is 1. The monoisotopic (exact) mass is 1230 g/mol. The molecule has 0 aliphatic rings. The van der Waals surface area contributed by atoms with Gasteiger partial charge in [-0.25, -0.2) is 4.57 Å². The zero-order chi connectivity index (χ0) is 62.3. The number of hydrogen-bond acceptors (Lipinski definition) is 8. The molecule has 0 aromatic carbocycles. The number of carbonyl (C=O) groups is 2. The van der Waals surface area contributed by atoms with Crippen molar-refractivity contribution in [2.24, 2.45) is 5.73 Å². The summed E-state index contributed by atoms with van der Waals surface area (Å²) in [6.07, 6.45) is 93.5. The van der Waals surface area contributed by atoms with Gasteiger partial charge in [0, 0.05) is 19.4 Å². The van der Waals surface area contributed by atoms with Crippen LogP contribution >= 0.6 is 7.82 Å². The van der Waals surface area contributed by atoms with Gasteiger partial charge in [0.1, 0.15) is 6.61 Å². The molecule has 0 rings (SSSR count). The molecule has 0 aliphatic heterocycles. The number of esters is 2. The van der Waals surface area contributed by atoms with Crippen molar-refractivity contribution < 1.29 is 37.6 Å². The molecule has 0 aromatic heterocycles. The van der Waals surface area contributed by atoms with E-state index >= 15 is 0 Å². The average molecular weight is 1230 g/mol. The Bertz CT molecular complexity index is 1590.